The van der Waals surface area contributed by atoms with Crippen LogP contribution < -0.4 is 5.32 Å². The maximum Gasteiger partial charge on any atom is 0.336 e. The van der Waals surface area contributed by atoms with Crippen LogP contribution in [-0.2, 0) is 23.9 Å². The third-order valence-corrected chi connectivity index (χ3v) is 7.10. The summed E-state index contributed by atoms with van der Waals surface area (Å²) in [5.41, 5.74) is 5.33. The number of allylic oxidation sites excluding steroid dienone is 1. The third-order valence-electron chi connectivity index (χ3n) is 6.22. The zero-order chi connectivity index (χ0) is 26.7. The number of ether oxygens (including phenoxy) is 2. The van der Waals surface area contributed by atoms with E-state index >= 15 is 0 Å². The fourth-order valence-electron chi connectivity index (χ4n) is 4.60. The van der Waals surface area contributed by atoms with E-state index in [1.807, 2.05) is 53.9 Å². The van der Waals surface area contributed by atoms with E-state index in [9.17, 15) is 14.4 Å². The molecule has 37 heavy (non-hydrogen) atoms. The van der Waals surface area contributed by atoms with E-state index < -0.39 is 23.8 Å². The zero-order valence-electron chi connectivity index (χ0n) is 21.2. The van der Waals surface area contributed by atoms with E-state index in [0.29, 0.717) is 22.7 Å². The lowest BCUT2D eigenvalue weighted by molar-refractivity contribution is -0.143. The predicted octanol–water partition coefficient (Wildman–Crippen LogP) is 5.23. The summed E-state index contributed by atoms with van der Waals surface area (Å²) in [5.74, 6) is -2.60. The third kappa shape index (κ3) is 5.22. The fraction of sp³-hybridized carbons (Fsp3) is 0.250. The van der Waals surface area contributed by atoms with Crippen molar-refractivity contribution in [1.29, 1.82) is 0 Å². The maximum atomic E-state index is 12.9. The van der Waals surface area contributed by atoms with Crippen LogP contribution in [0.4, 0.5) is 5.69 Å². The number of nitrogens with zero attached hydrogens (tertiary/aromatic N) is 2. The molecule has 2 atom stereocenters. The number of carbonyl (C=O) groups excluding carboxylic acids is 3. The SMILES string of the molecule is COC(=O)C1=C(C)N=C(C)C(C(=O)OC)C1c1ccccc1-c1nc(-c2ccc(NC(C)=O)cc2)cs1. The first-order valence-corrected chi connectivity index (χ1v) is 12.5. The molecule has 0 aliphatic carbocycles. The first-order valence-electron chi connectivity index (χ1n) is 11.6. The molecule has 190 valence electrons. The Bertz CT molecular complexity index is 1420. The zero-order valence-corrected chi connectivity index (χ0v) is 22.0. The van der Waals surface area contributed by atoms with Crippen molar-refractivity contribution in [2.45, 2.75) is 26.7 Å². The predicted molar refractivity (Wildman–Crippen MR) is 143 cm³/mol. The normalized spacial score (nSPS) is 17.2. The van der Waals surface area contributed by atoms with Crippen molar-refractivity contribution < 1.29 is 23.9 Å². The van der Waals surface area contributed by atoms with Gasteiger partial charge in [0, 0.05) is 46.4 Å². The van der Waals surface area contributed by atoms with Gasteiger partial charge < -0.3 is 14.8 Å². The van der Waals surface area contributed by atoms with Crippen molar-refractivity contribution in [3.8, 4) is 21.8 Å². The van der Waals surface area contributed by atoms with Gasteiger partial charge in [-0.25, -0.2) is 9.78 Å². The van der Waals surface area contributed by atoms with Crippen LogP contribution in [-0.4, -0.2) is 42.8 Å². The topological polar surface area (TPSA) is 107 Å². The molecule has 2 unspecified atom stereocenters. The lowest BCUT2D eigenvalue weighted by Crippen LogP contribution is -2.36. The Morgan fingerprint density at radius 1 is 0.973 bits per heavy atom. The Balaban J connectivity index is 1.80. The number of hydrogen-bond acceptors (Lipinski definition) is 8. The van der Waals surface area contributed by atoms with E-state index in [0.717, 1.165) is 27.4 Å². The number of anilines is 1. The first kappa shape index (κ1) is 26.0. The Kier molecular flexibility index (Phi) is 7.63. The van der Waals surface area contributed by atoms with Gasteiger partial charge in [0.25, 0.3) is 0 Å². The minimum absolute atomic E-state index is 0.135. The number of rotatable bonds is 6. The van der Waals surface area contributed by atoms with Crippen LogP contribution in [0.3, 0.4) is 0 Å². The number of esters is 2. The van der Waals surface area contributed by atoms with Gasteiger partial charge in [-0.1, -0.05) is 36.4 Å². The van der Waals surface area contributed by atoms with Gasteiger partial charge in [0.05, 0.1) is 25.5 Å². The molecule has 8 nitrogen and oxygen atoms in total. The lowest BCUT2D eigenvalue weighted by Gasteiger charge is -2.32. The minimum Gasteiger partial charge on any atom is -0.468 e. The van der Waals surface area contributed by atoms with Crippen LogP contribution >= 0.6 is 11.3 Å². The van der Waals surface area contributed by atoms with Gasteiger partial charge in [-0.3, -0.25) is 14.6 Å². The van der Waals surface area contributed by atoms with Gasteiger partial charge in [-0.15, -0.1) is 11.3 Å². The highest BCUT2D eigenvalue weighted by Gasteiger charge is 2.43. The van der Waals surface area contributed by atoms with E-state index in [-0.39, 0.29) is 5.91 Å². The summed E-state index contributed by atoms with van der Waals surface area (Å²) >= 11 is 1.46. The van der Waals surface area contributed by atoms with E-state index in [4.69, 9.17) is 14.5 Å². The number of amides is 1. The molecule has 4 rings (SSSR count). The highest BCUT2D eigenvalue weighted by Crippen LogP contribution is 2.44. The van der Waals surface area contributed by atoms with Crippen LogP contribution in [0.1, 0.15) is 32.3 Å². The van der Waals surface area contributed by atoms with Crippen molar-refractivity contribution in [2.24, 2.45) is 10.9 Å². The number of carbonyl (C=O) groups is 3. The van der Waals surface area contributed by atoms with Gasteiger partial charge in [-0.05, 0) is 31.5 Å². The Morgan fingerprint density at radius 3 is 2.32 bits per heavy atom. The van der Waals surface area contributed by atoms with Crippen LogP contribution in [0.25, 0.3) is 21.8 Å². The van der Waals surface area contributed by atoms with E-state index in [1.54, 1.807) is 13.8 Å². The van der Waals surface area contributed by atoms with Gasteiger partial charge in [0.2, 0.25) is 5.91 Å². The van der Waals surface area contributed by atoms with Crippen molar-refractivity contribution >= 4 is 40.6 Å². The van der Waals surface area contributed by atoms with Crippen LogP contribution in [0.15, 0.2) is 70.2 Å². The summed E-state index contributed by atoms with van der Waals surface area (Å²) in [5, 5.41) is 5.44. The molecule has 0 fully saturated rings. The number of benzene rings is 2. The standard InChI is InChI=1S/C28H27N3O5S/c1-15-23(27(33)35-4)25(24(16(2)29-15)28(34)36-5)20-8-6-7-9-21(20)26-31-22(14-37-26)18-10-12-19(13-11-18)30-17(3)32/h6-14,23,25H,1-5H3,(H,30,32). The summed E-state index contributed by atoms with van der Waals surface area (Å²) in [6, 6.07) is 15.0. The molecular formula is C28H27N3O5S. The van der Waals surface area contributed by atoms with Crippen molar-refractivity contribution in [1.82, 2.24) is 4.98 Å². The molecular weight excluding hydrogens is 490 g/mol. The van der Waals surface area contributed by atoms with E-state index in [2.05, 4.69) is 10.3 Å². The molecule has 0 spiro atoms. The number of methoxy groups -OCH3 is 2. The molecule has 0 saturated heterocycles. The second-order valence-electron chi connectivity index (χ2n) is 8.61. The molecule has 1 aliphatic rings. The molecule has 9 heteroatoms. The summed E-state index contributed by atoms with van der Waals surface area (Å²) in [6.07, 6.45) is 0. The van der Waals surface area contributed by atoms with Gasteiger partial charge in [0.1, 0.15) is 10.9 Å². The summed E-state index contributed by atoms with van der Waals surface area (Å²) < 4.78 is 10.2. The van der Waals surface area contributed by atoms with E-state index in [1.165, 1.54) is 32.5 Å². The Hall–Kier alpha value is -4.11. The quantitative estimate of drug-likeness (QED) is 0.449. The molecule has 1 amide bonds. The molecule has 0 radical (unpaired) electrons. The van der Waals surface area contributed by atoms with Crippen molar-refractivity contribution in [3.63, 3.8) is 0 Å². The molecule has 1 aliphatic heterocycles. The van der Waals surface area contributed by atoms with Crippen molar-refractivity contribution in [3.05, 3.63) is 70.7 Å². The summed E-state index contributed by atoms with van der Waals surface area (Å²) in [7, 11) is 2.64. The molecule has 2 heterocycles. The Labute approximate surface area is 219 Å². The lowest BCUT2D eigenvalue weighted by atomic mass is 9.74. The van der Waals surface area contributed by atoms with Crippen LogP contribution in [0.5, 0.6) is 0 Å². The number of aliphatic imine (C=N–C) groups is 1. The second kappa shape index (κ2) is 10.9. The van der Waals surface area contributed by atoms with Crippen LogP contribution in [0, 0.1) is 5.92 Å². The van der Waals surface area contributed by atoms with Gasteiger partial charge in [0.15, 0.2) is 0 Å². The minimum atomic E-state index is -0.787. The first-order chi connectivity index (χ1) is 17.7. The fourth-order valence-corrected chi connectivity index (χ4v) is 5.48. The average molecular weight is 518 g/mol. The average Bonchev–Trinajstić information content (AvgIpc) is 3.38. The second-order valence-corrected chi connectivity index (χ2v) is 9.46. The molecule has 0 bridgehead atoms. The number of thiazole rings is 1. The maximum absolute atomic E-state index is 12.9. The Morgan fingerprint density at radius 2 is 1.68 bits per heavy atom. The van der Waals surface area contributed by atoms with Crippen LogP contribution in [0.2, 0.25) is 0 Å². The molecule has 2 aromatic carbocycles. The highest BCUT2D eigenvalue weighted by atomic mass is 32.1. The van der Waals surface area contributed by atoms with Crippen molar-refractivity contribution in [2.75, 3.05) is 19.5 Å². The largest absolute Gasteiger partial charge is 0.468 e. The number of aromatic nitrogens is 1. The highest BCUT2D eigenvalue weighted by molar-refractivity contribution is 7.13. The number of hydrogen-bond donors (Lipinski definition) is 1. The monoisotopic (exact) mass is 517 g/mol. The smallest absolute Gasteiger partial charge is 0.336 e. The molecule has 0 saturated carbocycles. The molecule has 1 N–H and O–H groups in total. The van der Waals surface area contributed by atoms with Gasteiger partial charge in [-0.2, -0.15) is 0 Å². The molecule has 1 aromatic heterocycles. The van der Waals surface area contributed by atoms with Gasteiger partial charge >= 0.3 is 11.9 Å². The summed E-state index contributed by atoms with van der Waals surface area (Å²) in [4.78, 5) is 46.5. The molecule has 3 aromatic rings. The summed E-state index contributed by atoms with van der Waals surface area (Å²) in [6.45, 7) is 4.97. The number of nitrogens with one attached hydrogen (secondary N) is 1.